The van der Waals surface area contributed by atoms with Gasteiger partial charge in [0.15, 0.2) is 0 Å². The monoisotopic (exact) mass is 489 g/mol. The van der Waals surface area contributed by atoms with Crippen LogP contribution in [0.15, 0.2) is 66.7 Å². The average molecular weight is 490 g/mol. The summed E-state index contributed by atoms with van der Waals surface area (Å²) in [6.45, 7) is 7.31. The number of carboxylic acids is 1. The topological polar surface area (TPSA) is 92.1 Å². The highest BCUT2D eigenvalue weighted by Gasteiger charge is 2.39. The van der Waals surface area contributed by atoms with Gasteiger partial charge in [-0.15, -0.1) is 0 Å². The first kappa shape index (κ1) is 25.0. The lowest BCUT2D eigenvalue weighted by molar-refractivity contribution is -0.144. The van der Waals surface area contributed by atoms with E-state index in [0.717, 1.165) is 16.9 Å². The van der Waals surface area contributed by atoms with Gasteiger partial charge in [0, 0.05) is 24.5 Å². The van der Waals surface area contributed by atoms with E-state index in [2.05, 4.69) is 0 Å². The van der Waals surface area contributed by atoms with Crippen LogP contribution in [0.2, 0.25) is 0 Å². The van der Waals surface area contributed by atoms with Gasteiger partial charge in [-0.25, -0.2) is 9.59 Å². The third kappa shape index (κ3) is 5.12. The van der Waals surface area contributed by atoms with Crippen LogP contribution in [0.25, 0.3) is 16.9 Å². The minimum Gasteiger partial charge on any atom is -0.480 e. The van der Waals surface area contributed by atoms with E-state index in [1.807, 2.05) is 72.2 Å². The Balaban J connectivity index is 1.72. The lowest BCUT2D eigenvalue weighted by Gasteiger charge is -2.39. The van der Waals surface area contributed by atoms with Crippen molar-refractivity contribution in [1.82, 2.24) is 14.4 Å². The minimum absolute atomic E-state index is 0.0822. The van der Waals surface area contributed by atoms with Crippen LogP contribution >= 0.6 is 0 Å². The van der Waals surface area contributed by atoms with Gasteiger partial charge in [0.2, 0.25) is 0 Å². The zero-order valence-electron chi connectivity index (χ0n) is 21.0. The number of carboxylic acid groups (broad SMARTS) is 1. The van der Waals surface area contributed by atoms with Gasteiger partial charge in [-0.3, -0.25) is 4.79 Å². The average Bonchev–Trinajstić information content (AvgIpc) is 3.20. The summed E-state index contributed by atoms with van der Waals surface area (Å²) < 4.78 is 7.43. The van der Waals surface area contributed by atoms with Crippen LogP contribution in [-0.4, -0.2) is 68.7 Å². The van der Waals surface area contributed by atoms with Gasteiger partial charge in [0.25, 0.3) is 5.91 Å². The number of aromatic nitrogens is 1. The Labute approximate surface area is 210 Å². The number of benzene rings is 2. The number of nitrogens with zero attached hydrogens (tertiary/aromatic N) is 3. The number of para-hydroxylation sites is 1. The Bertz CT molecular complexity index is 1260. The second-order valence-corrected chi connectivity index (χ2v) is 9.86. The first-order valence-corrected chi connectivity index (χ1v) is 11.9. The number of aryl methyl sites for hydroxylation is 1. The molecule has 4 rings (SSSR count). The Morgan fingerprint density at radius 3 is 2.14 bits per heavy atom. The molecule has 0 aliphatic carbocycles. The summed E-state index contributed by atoms with van der Waals surface area (Å²) in [5.41, 5.74) is 3.00. The second kappa shape index (κ2) is 9.89. The summed E-state index contributed by atoms with van der Waals surface area (Å²) in [5, 5.41) is 9.98. The standard InChI is InChI=1S/C28H31N3O5/c1-19-17-22(24(20-11-7-5-8-12-20)31(19)21-13-9-6-10-14-21)25(32)30-16-15-29(18-23(30)26(33)34)27(35)36-28(2,3)4/h5-14,17,23H,15-16,18H2,1-4H3,(H,33,34). The molecule has 1 saturated heterocycles. The number of carbonyl (C=O) groups excluding carboxylic acids is 2. The van der Waals surface area contributed by atoms with Crippen molar-refractivity contribution >= 4 is 18.0 Å². The summed E-state index contributed by atoms with van der Waals surface area (Å²) in [6.07, 6.45) is -0.586. The molecule has 2 amide bonds. The lowest BCUT2D eigenvalue weighted by atomic mass is 10.0. The molecule has 3 aromatic rings. The molecule has 1 atom stereocenters. The molecule has 36 heavy (non-hydrogen) atoms. The molecule has 2 aromatic carbocycles. The van der Waals surface area contributed by atoms with Crippen molar-refractivity contribution in [3.8, 4) is 16.9 Å². The maximum absolute atomic E-state index is 13.9. The summed E-state index contributed by atoms with van der Waals surface area (Å²) in [5.74, 6) is -1.56. The molecular weight excluding hydrogens is 458 g/mol. The molecule has 1 aromatic heterocycles. The summed E-state index contributed by atoms with van der Waals surface area (Å²) in [4.78, 5) is 41.4. The minimum atomic E-state index is -1.19. The largest absolute Gasteiger partial charge is 0.480 e. The molecular formula is C28H31N3O5. The predicted octanol–water partition coefficient (Wildman–Crippen LogP) is 4.60. The third-order valence-corrected chi connectivity index (χ3v) is 6.05. The van der Waals surface area contributed by atoms with E-state index in [1.165, 1.54) is 9.80 Å². The Hall–Kier alpha value is -4.07. The lowest BCUT2D eigenvalue weighted by Crippen LogP contribution is -2.59. The molecule has 8 nitrogen and oxygen atoms in total. The summed E-state index contributed by atoms with van der Waals surface area (Å²) >= 11 is 0. The number of aliphatic carboxylic acids is 1. The number of rotatable bonds is 4. The van der Waals surface area contributed by atoms with Gasteiger partial charge >= 0.3 is 12.1 Å². The smallest absolute Gasteiger partial charge is 0.410 e. The van der Waals surface area contributed by atoms with Crippen molar-refractivity contribution in [2.75, 3.05) is 19.6 Å². The van der Waals surface area contributed by atoms with E-state index in [9.17, 15) is 19.5 Å². The van der Waals surface area contributed by atoms with Crippen LogP contribution < -0.4 is 0 Å². The fraction of sp³-hybridized carbons (Fsp3) is 0.321. The summed E-state index contributed by atoms with van der Waals surface area (Å²) in [7, 11) is 0. The number of hydrogen-bond acceptors (Lipinski definition) is 4. The maximum Gasteiger partial charge on any atom is 0.410 e. The molecule has 1 N–H and O–H groups in total. The normalized spacial score (nSPS) is 16.1. The second-order valence-electron chi connectivity index (χ2n) is 9.86. The molecule has 2 heterocycles. The van der Waals surface area contributed by atoms with Gasteiger partial charge in [-0.05, 0) is 51.5 Å². The molecule has 1 aliphatic heterocycles. The van der Waals surface area contributed by atoms with Crippen LogP contribution in [0.5, 0.6) is 0 Å². The molecule has 8 heteroatoms. The molecule has 1 aliphatic rings. The van der Waals surface area contributed by atoms with Gasteiger partial charge < -0.3 is 24.2 Å². The van der Waals surface area contributed by atoms with Crippen molar-refractivity contribution in [2.24, 2.45) is 0 Å². The van der Waals surface area contributed by atoms with E-state index in [1.54, 1.807) is 26.8 Å². The van der Waals surface area contributed by atoms with E-state index in [4.69, 9.17) is 4.74 Å². The Morgan fingerprint density at radius 1 is 0.944 bits per heavy atom. The van der Waals surface area contributed by atoms with E-state index >= 15 is 0 Å². The van der Waals surface area contributed by atoms with Crippen LogP contribution in [0, 0.1) is 6.92 Å². The van der Waals surface area contributed by atoms with Crippen molar-refractivity contribution in [1.29, 1.82) is 0 Å². The Morgan fingerprint density at radius 2 is 1.56 bits per heavy atom. The zero-order chi connectivity index (χ0) is 26.0. The molecule has 188 valence electrons. The fourth-order valence-corrected chi connectivity index (χ4v) is 4.48. The number of piperazine rings is 1. The number of ether oxygens (including phenoxy) is 1. The maximum atomic E-state index is 13.9. The first-order chi connectivity index (χ1) is 17.1. The van der Waals surface area contributed by atoms with Crippen LogP contribution in [0.4, 0.5) is 4.79 Å². The van der Waals surface area contributed by atoms with Gasteiger partial charge in [0.05, 0.1) is 17.8 Å². The first-order valence-electron chi connectivity index (χ1n) is 11.9. The molecule has 0 bridgehead atoms. The number of carbonyl (C=O) groups is 3. The van der Waals surface area contributed by atoms with Crippen molar-refractivity contribution in [3.05, 3.63) is 78.0 Å². The Kier molecular flexibility index (Phi) is 6.88. The fourth-order valence-electron chi connectivity index (χ4n) is 4.48. The van der Waals surface area contributed by atoms with E-state index in [-0.39, 0.29) is 25.5 Å². The molecule has 1 unspecified atom stereocenters. The predicted molar refractivity (Wildman–Crippen MR) is 136 cm³/mol. The molecule has 0 spiro atoms. The zero-order valence-corrected chi connectivity index (χ0v) is 21.0. The highest BCUT2D eigenvalue weighted by molar-refractivity contribution is 6.03. The van der Waals surface area contributed by atoms with E-state index < -0.39 is 23.7 Å². The van der Waals surface area contributed by atoms with Gasteiger partial charge in [0.1, 0.15) is 11.6 Å². The van der Waals surface area contributed by atoms with Crippen LogP contribution in [-0.2, 0) is 9.53 Å². The van der Waals surface area contributed by atoms with Crippen LogP contribution in [0.3, 0.4) is 0 Å². The highest BCUT2D eigenvalue weighted by atomic mass is 16.6. The van der Waals surface area contributed by atoms with Crippen molar-refractivity contribution in [3.63, 3.8) is 0 Å². The molecule has 0 saturated carbocycles. The number of amides is 2. The SMILES string of the molecule is Cc1cc(C(=O)N2CCN(C(=O)OC(C)(C)C)CC2C(=O)O)c(-c2ccccc2)n1-c1ccccc1. The highest BCUT2D eigenvalue weighted by Crippen LogP contribution is 2.32. The molecule has 1 fully saturated rings. The third-order valence-electron chi connectivity index (χ3n) is 6.05. The number of hydrogen-bond donors (Lipinski definition) is 1. The van der Waals surface area contributed by atoms with Crippen molar-refractivity contribution < 1.29 is 24.2 Å². The van der Waals surface area contributed by atoms with Gasteiger partial charge in [-0.2, -0.15) is 0 Å². The van der Waals surface area contributed by atoms with Crippen LogP contribution in [0.1, 0.15) is 36.8 Å². The summed E-state index contributed by atoms with van der Waals surface area (Å²) in [6, 6.07) is 19.9. The van der Waals surface area contributed by atoms with Gasteiger partial charge in [-0.1, -0.05) is 48.5 Å². The van der Waals surface area contributed by atoms with Crippen molar-refractivity contribution in [2.45, 2.75) is 39.3 Å². The molecule has 0 radical (unpaired) electrons. The quantitative estimate of drug-likeness (QED) is 0.578. The van der Waals surface area contributed by atoms with E-state index in [0.29, 0.717) is 11.3 Å².